The maximum Gasteiger partial charge on any atom is 0.222 e. The fourth-order valence-electron chi connectivity index (χ4n) is 3.20. The van der Waals surface area contributed by atoms with E-state index >= 15 is 0 Å². The van der Waals surface area contributed by atoms with Crippen molar-refractivity contribution in [2.75, 3.05) is 20.2 Å². The molecule has 1 aliphatic heterocycles. The predicted octanol–water partition coefficient (Wildman–Crippen LogP) is 3.55. The van der Waals surface area contributed by atoms with Crippen molar-refractivity contribution in [2.24, 2.45) is 5.92 Å². The lowest BCUT2D eigenvalue weighted by Crippen LogP contribution is -2.31. The van der Waals surface area contributed by atoms with Crippen LogP contribution in [0, 0.1) is 12.8 Å². The van der Waals surface area contributed by atoms with E-state index < -0.39 is 0 Å². The lowest BCUT2D eigenvalue weighted by atomic mass is 9.93. The smallest absolute Gasteiger partial charge is 0.222 e. The van der Waals surface area contributed by atoms with E-state index in [2.05, 4.69) is 31.0 Å². The van der Waals surface area contributed by atoms with Crippen LogP contribution >= 0.6 is 0 Å². The van der Waals surface area contributed by atoms with Gasteiger partial charge in [0.15, 0.2) is 0 Å². The van der Waals surface area contributed by atoms with Gasteiger partial charge in [-0.2, -0.15) is 0 Å². The second-order valence-corrected chi connectivity index (χ2v) is 6.98. The highest BCUT2D eigenvalue weighted by Crippen LogP contribution is 2.24. The van der Waals surface area contributed by atoms with Gasteiger partial charge >= 0.3 is 0 Å². The molecule has 0 aliphatic carbocycles. The average Bonchev–Trinajstić information content (AvgIpc) is 3.01. The Morgan fingerprint density at radius 2 is 2.17 bits per heavy atom. The Balaban J connectivity index is 1.74. The van der Waals surface area contributed by atoms with Crippen molar-refractivity contribution in [1.82, 2.24) is 9.88 Å². The molecule has 128 valence electrons. The van der Waals surface area contributed by atoms with E-state index in [1.54, 1.807) is 7.11 Å². The molecule has 1 saturated heterocycles. The zero-order chi connectivity index (χ0) is 16.8. The molecule has 3 atom stereocenters. The van der Waals surface area contributed by atoms with Crippen LogP contribution in [0.2, 0.25) is 0 Å². The standard InChI is InChI=1S/C19H30N2O2/c1-14(12-19(22)21-11-10-17(13-21)23-4)8-9-15(2)18-7-5-6-16(3)20-18/h5-7,14-15,17H,8-13H2,1-4H3. The number of ether oxygens (including phenoxy) is 1. The highest BCUT2D eigenvalue weighted by atomic mass is 16.5. The minimum atomic E-state index is 0.224. The number of carbonyl (C=O) groups is 1. The van der Waals surface area contributed by atoms with E-state index in [-0.39, 0.29) is 12.0 Å². The molecule has 4 nitrogen and oxygen atoms in total. The molecule has 0 bridgehead atoms. The molecule has 4 heteroatoms. The van der Waals surface area contributed by atoms with E-state index in [0.29, 0.717) is 18.3 Å². The van der Waals surface area contributed by atoms with Crippen molar-refractivity contribution >= 4 is 5.91 Å². The van der Waals surface area contributed by atoms with E-state index in [1.807, 2.05) is 17.9 Å². The molecule has 2 rings (SSSR count). The molecule has 1 fully saturated rings. The summed E-state index contributed by atoms with van der Waals surface area (Å²) < 4.78 is 5.33. The molecular formula is C19H30N2O2. The molecule has 1 aromatic heterocycles. The summed E-state index contributed by atoms with van der Waals surface area (Å²) in [5.41, 5.74) is 2.23. The quantitative estimate of drug-likeness (QED) is 0.772. The summed E-state index contributed by atoms with van der Waals surface area (Å²) in [6.45, 7) is 8.03. The molecule has 1 amide bonds. The summed E-state index contributed by atoms with van der Waals surface area (Å²) in [5, 5.41) is 0. The van der Waals surface area contributed by atoms with Gasteiger partial charge in [0.05, 0.1) is 6.10 Å². The minimum absolute atomic E-state index is 0.224. The molecule has 0 radical (unpaired) electrons. The Kier molecular flexibility index (Phi) is 6.58. The molecule has 3 unspecified atom stereocenters. The van der Waals surface area contributed by atoms with Gasteiger partial charge in [0, 0.05) is 38.0 Å². The van der Waals surface area contributed by atoms with Crippen molar-refractivity contribution in [3.8, 4) is 0 Å². The predicted molar refractivity (Wildman–Crippen MR) is 92.4 cm³/mol. The topological polar surface area (TPSA) is 42.4 Å². The first-order valence-corrected chi connectivity index (χ1v) is 8.73. The molecule has 1 aliphatic rings. The molecule has 0 saturated carbocycles. The Labute approximate surface area is 140 Å². The van der Waals surface area contributed by atoms with Gasteiger partial charge in [-0.1, -0.05) is 19.9 Å². The van der Waals surface area contributed by atoms with Crippen molar-refractivity contribution < 1.29 is 9.53 Å². The summed E-state index contributed by atoms with van der Waals surface area (Å²) in [7, 11) is 1.72. The molecule has 0 aromatic carbocycles. The number of pyridine rings is 1. The number of hydrogen-bond acceptors (Lipinski definition) is 3. The van der Waals surface area contributed by atoms with E-state index in [4.69, 9.17) is 4.74 Å². The monoisotopic (exact) mass is 318 g/mol. The van der Waals surface area contributed by atoms with Crippen LogP contribution in [0.3, 0.4) is 0 Å². The third-order valence-corrected chi connectivity index (χ3v) is 4.86. The molecular weight excluding hydrogens is 288 g/mol. The fourth-order valence-corrected chi connectivity index (χ4v) is 3.20. The van der Waals surface area contributed by atoms with Crippen LogP contribution in [0.1, 0.15) is 56.8 Å². The number of carbonyl (C=O) groups excluding carboxylic acids is 1. The summed E-state index contributed by atoms with van der Waals surface area (Å²) in [6.07, 6.45) is 3.97. The van der Waals surface area contributed by atoms with E-state index in [1.165, 1.54) is 0 Å². The summed E-state index contributed by atoms with van der Waals surface area (Å²) in [4.78, 5) is 18.9. The summed E-state index contributed by atoms with van der Waals surface area (Å²) in [6, 6.07) is 6.20. The third-order valence-electron chi connectivity index (χ3n) is 4.86. The molecule has 0 N–H and O–H groups in total. The number of aryl methyl sites for hydroxylation is 1. The second-order valence-electron chi connectivity index (χ2n) is 6.98. The van der Waals surface area contributed by atoms with Crippen molar-refractivity contribution in [3.05, 3.63) is 29.6 Å². The number of aromatic nitrogens is 1. The Hall–Kier alpha value is -1.42. The zero-order valence-corrected chi connectivity index (χ0v) is 14.9. The van der Waals surface area contributed by atoms with Crippen molar-refractivity contribution in [2.45, 2.75) is 58.5 Å². The Morgan fingerprint density at radius 3 is 2.83 bits per heavy atom. The molecule has 23 heavy (non-hydrogen) atoms. The molecule has 0 spiro atoms. The third kappa shape index (κ3) is 5.31. The van der Waals surface area contributed by atoms with Gasteiger partial charge in [-0.05, 0) is 50.2 Å². The van der Waals surface area contributed by atoms with Gasteiger partial charge in [0.2, 0.25) is 5.91 Å². The number of amides is 1. The van der Waals surface area contributed by atoms with Crippen molar-refractivity contribution in [3.63, 3.8) is 0 Å². The first-order valence-electron chi connectivity index (χ1n) is 8.73. The van der Waals surface area contributed by atoms with Gasteiger partial charge in [-0.3, -0.25) is 9.78 Å². The van der Waals surface area contributed by atoms with Gasteiger partial charge in [0.1, 0.15) is 0 Å². The van der Waals surface area contributed by atoms with E-state index in [9.17, 15) is 4.79 Å². The maximum atomic E-state index is 12.3. The zero-order valence-electron chi connectivity index (χ0n) is 14.9. The fraction of sp³-hybridized carbons (Fsp3) is 0.684. The normalized spacial score (nSPS) is 20.5. The van der Waals surface area contributed by atoms with Gasteiger partial charge in [-0.15, -0.1) is 0 Å². The van der Waals surface area contributed by atoms with Crippen LogP contribution in [0.25, 0.3) is 0 Å². The molecule has 2 heterocycles. The van der Waals surface area contributed by atoms with Crippen LogP contribution in [0.5, 0.6) is 0 Å². The van der Waals surface area contributed by atoms with Gasteiger partial charge in [0.25, 0.3) is 0 Å². The van der Waals surface area contributed by atoms with E-state index in [0.717, 1.165) is 43.7 Å². The van der Waals surface area contributed by atoms with Gasteiger partial charge < -0.3 is 9.64 Å². The lowest BCUT2D eigenvalue weighted by molar-refractivity contribution is -0.131. The number of nitrogens with zero attached hydrogens (tertiary/aromatic N) is 2. The Bertz CT molecular complexity index is 518. The highest BCUT2D eigenvalue weighted by molar-refractivity contribution is 5.76. The van der Waals surface area contributed by atoms with Gasteiger partial charge in [-0.25, -0.2) is 0 Å². The number of hydrogen-bond donors (Lipinski definition) is 0. The number of likely N-dealkylation sites (tertiary alicyclic amines) is 1. The van der Waals surface area contributed by atoms with Crippen LogP contribution in [-0.4, -0.2) is 42.1 Å². The first-order chi connectivity index (χ1) is 11.0. The lowest BCUT2D eigenvalue weighted by Gasteiger charge is -2.20. The number of methoxy groups -OCH3 is 1. The largest absolute Gasteiger partial charge is 0.380 e. The SMILES string of the molecule is COC1CCN(C(=O)CC(C)CCC(C)c2cccc(C)n2)C1. The maximum absolute atomic E-state index is 12.3. The summed E-state index contributed by atoms with van der Waals surface area (Å²) >= 11 is 0. The van der Waals surface area contributed by atoms with Crippen LogP contribution in [0.15, 0.2) is 18.2 Å². The second kappa shape index (κ2) is 8.44. The molecule has 1 aromatic rings. The average molecular weight is 318 g/mol. The number of rotatable bonds is 7. The van der Waals surface area contributed by atoms with Crippen LogP contribution in [0.4, 0.5) is 0 Å². The van der Waals surface area contributed by atoms with Crippen LogP contribution < -0.4 is 0 Å². The van der Waals surface area contributed by atoms with Crippen LogP contribution in [-0.2, 0) is 9.53 Å². The first kappa shape index (κ1) is 17.9. The highest BCUT2D eigenvalue weighted by Gasteiger charge is 2.26. The van der Waals surface area contributed by atoms with Crippen molar-refractivity contribution in [1.29, 1.82) is 0 Å². The minimum Gasteiger partial charge on any atom is -0.380 e. The summed E-state index contributed by atoms with van der Waals surface area (Å²) in [5.74, 6) is 1.13. The Morgan fingerprint density at radius 1 is 1.39 bits per heavy atom.